The van der Waals surface area contributed by atoms with Crippen molar-refractivity contribution >= 4 is 11.5 Å². The molecule has 23 heavy (non-hydrogen) atoms. The van der Waals surface area contributed by atoms with E-state index in [1.54, 1.807) is 26.2 Å². The van der Waals surface area contributed by atoms with Gasteiger partial charge < -0.3 is 9.84 Å². The molecule has 3 nitrogen and oxygen atoms in total. The zero-order chi connectivity index (χ0) is 17.4. The quantitative estimate of drug-likeness (QED) is 0.711. The van der Waals surface area contributed by atoms with Gasteiger partial charge in [-0.25, -0.2) is 4.39 Å². The summed E-state index contributed by atoms with van der Waals surface area (Å²) >= 11 is 0. The SMILES string of the molecule is CCC=C(C=C(COC)C(C)CC(=O)O)c1ccc(F)c(C)c1. The van der Waals surface area contributed by atoms with E-state index in [9.17, 15) is 9.18 Å². The maximum atomic E-state index is 13.5. The average Bonchev–Trinajstić information content (AvgIpc) is 2.48. The van der Waals surface area contributed by atoms with Gasteiger partial charge in [0.2, 0.25) is 0 Å². The minimum absolute atomic E-state index is 0.0526. The summed E-state index contributed by atoms with van der Waals surface area (Å²) in [5.74, 6) is -1.20. The van der Waals surface area contributed by atoms with Crippen LogP contribution < -0.4 is 0 Å². The highest BCUT2D eigenvalue weighted by atomic mass is 19.1. The number of ether oxygens (including phenoxy) is 1. The van der Waals surface area contributed by atoms with E-state index >= 15 is 0 Å². The maximum Gasteiger partial charge on any atom is 0.303 e. The molecule has 0 radical (unpaired) electrons. The van der Waals surface area contributed by atoms with Gasteiger partial charge in [0.25, 0.3) is 0 Å². The van der Waals surface area contributed by atoms with Gasteiger partial charge in [0, 0.05) is 7.11 Å². The normalized spacial score (nSPS) is 14.0. The van der Waals surface area contributed by atoms with E-state index in [1.165, 1.54) is 6.07 Å². The molecule has 0 aliphatic carbocycles. The Morgan fingerprint density at radius 2 is 2.13 bits per heavy atom. The van der Waals surface area contributed by atoms with Gasteiger partial charge in [0.05, 0.1) is 13.0 Å². The molecule has 0 saturated heterocycles. The standard InChI is InChI=1S/C19H25FO3/c1-5-6-15(16-7-8-18(20)14(3)9-16)11-17(12-23-4)13(2)10-19(21)22/h6-9,11,13H,5,10,12H2,1-4H3,(H,21,22). The van der Waals surface area contributed by atoms with Crippen LogP contribution in [-0.2, 0) is 9.53 Å². The van der Waals surface area contributed by atoms with Gasteiger partial charge in [0.1, 0.15) is 5.82 Å². The number of halogens is 1. The van der Waals surface area contributed by atoms with Crippen LogP contribution in [0.3, 0.4) is 0 Å². The molecule has 0 saturated carbocycles. The fourth-order valence-electron chi connectivity index (χ4n) is 2.39. The molecule has 1 unspecified atom stereocenters. The number of aliphatic carboxylic acids is 1. The smallest absolute Gasteiger partial charge is 0.303 e. The fourth-order valence-corrected chi connectivity index (χ4v) is 2.39. The molecule has 1 N–H and O–H groups in total. The molecule has 0 aromatic heterocycles. The highest BCUT2D eigenvalue weighted by Gasteiger charge is 2.14. The first kappa shape index (κ1) is 19.1. The molecule has 0 bridgehead atoms. The number of hydrogen-bond acceptors (Lipinski definition) is 2. The van der Waals surface area contributed by atoms with E-state index < -0.39 is 5.97 Å². The van der Waals surface area contributed by atoms with Gasteiger partial charge in [-0.2, -0.15) is 0 Å². The third kappa shape index (κ3) is 5.99. The Balaban J connectivity index is 3.22. The van der Waals surface area contributed by atoms with Crippen molar-refractivity contribution in [3.8, 4) is 0 Å². The van der Waals surface area contributed by atoms with Gasteiger partial charge in [-0.1, -0.05) is 32.1 Å². The van der Waals surface area contributed by atoms with Gasteiger partial charge in [-0.3, -0.25) is 4.79 Å². The second-order valence-corrected chi connectivity index (χ2v) is 5.68. The lowest BCUT2D eigenvalue weighted by molar-refractivity contribution is -0.137. The van der Waals surface area contributed by atoms with Crippen molar-refractivity contribution in [2.75, 3.05) is 13.7 Å². The maximum absolute atomic E-state index is 13.5. The van der Waals surface area contributed by atoms with Crippen LogP contribution in [0.2, 0.25) is 0 Å². The van der Waals surface area contributed by atoms with Crippen molar-refractivity contribution in [2.24, 2.45) is 5.92 Å². The molecule has 0 spiro atoms. The van der Waals surface area contributed by atoms with Crippen LogP contribution in [-0.4, -0.2) is 24.8 Å². The minimum Gasteiger partial charge on any atom is -0.481 e. The van der Waals surface area contributed by atoms with Crippen LogP contribution in [0.15, 0.2) is 35.9 Å². The van der Waals surface area contributed by atoms with E-state index in [1.807, 2.05) is 19.9 Å². The van der Waals surface area contributed by atoms with Crippen molar-refractivity contribution < 1.29 is 19.0 Å². The van der Waals surface area contributed by atoms with Crippen LogP contribution >= 0.6 is 0 Å². The highest BCUT2D eigenvalue weighted by molar-refractivity contribution is 5.75. The van der Waals surface area contributed by atoms with Crippen LogP contribution in [0.1, 0.15) is 37.8 Å². The molecule has 0 amide bonds. The predicted octanol–water partition coefficient (Wildman–Crippen LogP) is 4.61. The summed E-state index contributed by atoms with van der Waals surface area (Å²) in [5.41, 5.74) is 3.38. The molecule has 0 fully saturated rings. The van der Waals surface area contributed by atoms with E-state index in [2.05, 4.69) is 6.08 Å². The number of aryl methyl sites for hydroxylation is 1. The summed E-state index contributed by atoms with van der Waals surface area (Å²) in [4.78, 5) is 11.0. The first-order valence-electron chi connectivity index (χ1n) is 7.76. The summed E-state index contributed by atoms with van der Waals surface area (Å²) in [5, 5.41) is 9.00. The van der Waals surface area contributed by atoms with Crippen LogP contribution in [0.5, 0.6) is 0 Å². The summed E-state index contributed by atoms with van der Waals surface area (Å²) < 4.78 is 18.7. The van der Waals surface area contributed by atoms with Crippen molar-refractivity contribution in [2.45, 2.75) is 33.6 Å². The number of carboxylic acid groups (broad SMARTS) is 1. The van der Waals surface area contributed by atoms with Crippen molar-refractivity contribution in [1.82, 2.24) is 0 Å². The predicted molar refractivity (Wildman–Crippen MR) is 90.8 cm³/mol. The van der Waals surface area contributed by atoms with E-state index in [0.29, 0.717) is 12.2 Å². The second-order valence-electron chi connectivity index (χ2n) is 5.68. The highest BCUT2D eigenvalue weighted by Crippen LogP contribution is 2.25. The Labute approximate surface area is 137 Å². The van der Waals surface area contributed by atoms with E-state index in [-0.39, 0.29) is 18.2 Å². The van der Waals surface area contributed by atoms with Gasteiger partial charge >= 0.3 is 5.97 Å². The zero-order valence-corrected chi connectivity index (χ0v) is 14.2. The van der Waals surface area contributed by atoms with Crippen molar-refractivity contribution in [3.63, 3.8) is 0 Å². The molecule has 1 aromatic rings. The lowest BCUT2D eigenvalue weighted by Crippen LogP contribution is -2.11. The summed E-state index contributed by atoms with van der Waals surface area (Å²) in [6.45, 7) is 6.00. The number of hydrogen-bond donors (Lipinski definition) is 1. The molecule has 0 aliphatic rings. The van der Waals surface area contributed by atoms with E-state index in [4.69, 9.17) is 9.84 Å². The second kappa shape index (κ2) is 9.26. The van der Waals surface area contributed by atoms with Gasteiger partial charge in [-0.05, 0) is 53.7 Å². The van der Waals surface area contributed by atoms with Crippen LogP contribution in [0.25, 0.3) is 5.57 Å². The van der Waals surface area contributed by atoms with Crippen LogP contribution in [0, 0.1) is 18.7 Å². The Morgan fingerprint density at radius 3 is 2.65 bits per heavy atom. The first-order valence-corrected chi connectivity index (χ1v) is 7.76. The third-order valence-corrected chi connectivity index (χ3v) is 3.68. The molecular formula is C19H25FO3. The van der Waals surface area contributed by atoms with Crippen LogP contribution in [0.4, 0.5) is 4.39 Å². The number of carboxylic acids is 1. The number of allylic oxidation sites excluding steroid dienone is 3. The summed E-state index contributed by atoms with van der Waals surface area (Å²) in [7, 11) is 1.59. The number of rotatable bonds is 8. The molecule has 4 heteroatoms. The number of methoxy groups -OCH3 is 1. The molecular weight excluding hydrogens is 295 g/mol. The largest absolute Gasteiger partial charge is 0.481 e. The fraction of sp³-hybridized carbons (Fsp3) is 0.421. The Bertz CT molecular complexity index is 603. The summed E-state index contributed by atoms with van der Waals surface area (Å²) in [6.07, 6.45) is 4.90. The summed E-state index contributed by atoms with van der Waals surface area (Å²) in [6, 6.07) is 5.00. The number of benzene rings is 1. The van der Waals surface area contributed by atoms with Gasteiger partial charge in [0.15, 0.2) is 0 Å². The molecule has 0 aliphatic heterocycles. The lowest BCUT2D eigenvalue weighted by atomic mass is 9.93. The average molecular weight is 320 g/mol. The first-order chi connectivity index (χ1) is 10.9. The minimum atomic E-state index is -0.835. The Morgan fingerprint density at radius 1 is 1.43 bits per heavy atom. The van der Waals surface area contributed by atoms with Gasteiger partial charge in [-0.15, -0.1) is 0 Å². The zero-order valence-electron chi connectivity index (χ0n) is 14.2. The molecule has 1 atom stereocenters. The molecule has 1 rings (SSSR count). The third-order valence-electron chi connectivity index (χ3n) is 3.68. The lowest BCUT2D eigenvalue weighted by Gasteiger charge is -2.15. The Hall–Kier alpha value is -1.94. The van der Waals surface area contributed by atoms with E-state index in [0.717, 1.165) is 23.1 Å². The number of carbonyl (C=O) groups is 1. The molecule has 0 heterocycles. The van der Waals surface area contributed by atoms with Crippen molar-refractivity contribution in [3.05, 3.63) is 52.9 Å². The van der Waals surface area contributed by atoms with Crippen molar-refractivity contribution in [1.29, 1.82) is 0 Å². The monoisotopic (exact) mass is 320 g/mol. The molecule has 126 valence electrons. The molecule has 1 aromatic carbocycles. The topological polar surface area (TPSA) is 46.5 Å². The Kier molecular flexibility index (Phi) is 7.69.